The fourth-order valence-electron chi connectivity index (χ4n) is 3.28. The highest BCUT2D eigenvalue weighted by atomic mass is 16.5. The van der Waals surface area contributed by atoms with E-state index in [2.05, 4.69) is 33.3 Å². The van der Waals surface area contributed by atoms with E-state index in [-0.39, 0.29) is 18.6 Å². The number of anilines is 2. The first-order valence-corrected chi connectivity index (χ1v) is 9.59. The van der Waals surface area contributed by atoms with Gasteiger partial charge < -0.3 is 20.9 Å². The standard InChI is InChI=1S/C21H27N5O2/c1-3-6-16(10-12-27)25-20-19(14(2)24-21(22)26-20)28-13-18-17-8-5-4-7-15(17)9-11-23-18/h4-5,7-9,11,16,27H,3,6,10,12-13H2,1-2H3,(H3,22,24,25,26). The van der Waals surface area contributed by atoms with E-state index >= 15 is 0 Å². The highest BCUT2D eigenvalue weighted by Gasteiger charge is 2.17. The minimum Gasteiger partial charge on any atom is -0.481 e. The van der Waals surface area contributed by atoms with Gasteiger partial charge in [-0.3, -0.25) is 4.98 Å². The van der Waals surface area contributed by atoms with Crippen LogP contribution in [0.25, 0.3) is 10.8 Å². The Morgan fingerprint density at radius 1 is 1.18 bits per heavy atom. The van der Waals surface area contributed by atoms with E-state index in [1.54, 1.807) is 6.20 Å². The number of pyridine rings is 1. The van der Waals surface area contributed by atoms with E-state index in [4.69, 9.17) is 10.5 Å². The number of benzene rings is 1. The zero-order valence-corrected chi connectivity index (χ0v) is 16.4. The van der Waals surface area contributed by atoms with E-state index in [0.717, 1.165) is 29.3 Å². The first-order valence-electron chi connectivity index (χ1n) is 9.59. The summed E-state index contributed by atoms with van der Waals surface area (Å²) in [6.07, 6.45) is 4.31. The van der Waals surface area contributed by atoms with Crippen LogP contribution in [0, 0.1) is 6.92 Å². The Bertz CT molecular complexity index is 921. The van der Waals surface area contributed by atoms with Crippen LogP contribution >= 0.6 is 0 Å². The maximum Gasteiger partial charge on any atom is 0.222 e. The van der Waals surface area contributed by atoms with Gasteiger partial charge in [0.25, 0.3) is 0 Å². The van der Waals surface area contributed by atoms with Crippen molar-refractivity contribution in [2.45, 2.75) is 45.8 Å². The van der Waals surface area contributed by atoms with Crippen molar-refractivity contribution in [2.75, 3.05) is 17.7 Å². The third kappa shape index (κ3) is 4.67. The van der Waals surface area contributed by atoms with Crippen molar-refractivity contribution in [2.24, 2.45) is 0 Å². The van der Waals surface area contributed by atoms with Gasteiger partial charge in [0.15, 0.2) is 11.6 Å². The maximum absolute atomic E-state index is 9.34. The van der Waals surface area contributed by atoms with Gasteiger partial charge in [0.1, 0.15) is 6.61 Å². The van der Waals surface area contributed by atoms with Gasteiger partial charge in [-0.1, -0.05) is 37.6 Å². The summed E-state index contributed by atoms with van der Waals surface area (Å²) in [5.74, 6) is 1.30. The highest BCUT2D eigenvalue weighted by Crippen LogP contribution is 2.29. The van der Waals surface area contributed by atoms with Gasteiger partial charge in [0, 0.05) is 24.2 Å². The summed E-state index contributed by atoms with van der Waals surface area (Å²) in [5.41, 5.74) is 7.36. The Hall–Kier alpha value is -2.93. The molecule has 2 heterocycles. The summed E-state index contributed by atoms with van der Waals surface area (Å²) in [7, 11) is 0. The quantitative estimate of drug-likeness (QED) is 0.521. The van der Waals surface area contributed by atoms with Crippen LogP contribution in [-0.4, -0.2) is 32.7 Å². The zero-order valence-electron chi connectivity index (χ0n) is 16.4. The summed E-state index contributed by atoms with van der Waals surface area (Å²) in [4.78, 5) is 13.1. The number of aliphatic hydroxyl groups excluding tert-OH is 1. The lowest BCUT2D eigenvalue weighted by Gasteiger charge is -2.21. The van der Waals surface area contributed by atoms with Crippen molar-refractivity contribution in [3.8, 4) is 5.75 Å². The molecule has 28 heavy (non-hydrogen) atoms. The molecule has 2 aromatic heterocycles. The van der Waals surface area contributed by atoms with Crippen LogP contribution in [0.3, 0.4) is 0 Å². The number of aryl methyl sites for hydroxylation is 1. The molecule has 7 nitrogen and oxygen atoms in total. The molecule has 1 atom stereocenters. The SMILES string of the molecule is CCCC(CCO)Nc1nc(N)nc(C)c1OCc1nccc2ccccc12. The molecular formula is C21H27N5O2. The lowest BCUT2D eigenvalue weighted by Crippen LogP contribution is -2.22. The number of fused-ring (bicyclic) bond motifs is 1. The molecule has 1 aromatic carbocycles. The number of nitrogens with one attached hydrogen (secondary N) is 1. The number of aromatic nitrogens is 3. The molecule has 0 radical (unpaired) electrons. The highest BCUT2D eigenvalue weighted by molar-refractivity contribution is 5.84. The summed E-state index contributed by atoms with van der Waals surface area (Å²) < 4.78 is 6.11. The minimum absolute atomic E-state index is 0.0849. The number of ether oxygens (including phenoxy) is 1. The van der Waals surface area contributed by atoms with E-state index in [9.17, 15) is 5.11 Å². The fraction of sp³-hybridized carbons (Fsp3) is 0.381. The van der Waals surface area contributed by atoms with Gasteiger partial charge in [-0.25, -0.2) is 4.98 Å². The summed E-state index contributed by atoms with van der Waals surface area (Å²) in [6, 6.07) is 10.1. The van der Waals surface area contributed by atoms with Gasteiger partial charge in [0.2, 0.25) is 5.95 Å². The van der Waals surface area contributed by atoms with Crippen molar-refractivity contribution in [3.63, 3.8) is 0 Å². The average Bonchev–Trinajstić information content (AvgIpc) is 2.67. The Kier molecular flexibility index (Phi) is 6.60. The van der Waals surface area contributed by atoms with Crippen molar-refractivity contribution in [3.05, 3.63) is 47.9 Å². The van der Waals surface area contributed by atoms with Crippen LogP contribution in [0.2, 0.25) is 0 Å². The first-order chi connectivity index (χ1) is 13.6. The molecule has 0 aliphatic heterocycles. The summed E-state index contributed by atoms with van der Waals surface area (Å²) in [6.45, 7) is 4.35. The molecule has 0 aliphatic rings. The Labute approximate surface area is 165 Å². The van der Waals surface area contributed by atoms with E-state index in [0.29, 0.717) is 30.3 Å². The van der Waals surface area contributed by atoms with Crippen LogP contribution in [0.4, 0.5) is 11.8 Å². The Morgan fingerprint density at radius 3 is 2.79 bits per heavy atom. The molecule has 0 bridgehead atoms. The van der Waals surface area contributed by atoms with Gasteiger partial charge in [-0.15, -0.1) is 0 Å². The Balaban J connectivity index is 1.86. The maximum atomic E-state index is 9.34. The van der Waals surface area contributed by atoms with E-state index in [1.807, 2.05) is 31.2 Å². The van der Waals surface area contributed by atoms with Crippen LogP contribution in [0.15, 0.2) is 36.5 Å². The summed E-state index contributed by atoms with van der Waals surface area (Å²) in [5, 5.41) is 14.9. The normalized spacial score (nSPS) is 12.1. The van der Waals surface area contributed by atoms with Crippen LogP contribution < -0.4 is 15.8 Å². The smallest absolute Gasteiger partial charge is 0.222 e. The van der Waals surface area contributed by atoms with Crippen molar-refractivity contribution < 1.29 is 9.84 Å². The molecule has 3 aromatic rings. The number of aliphatic hydroxyl groups is 1. The molecule has 0 aliphatic carbocycles. The number of rotatable bonds is 9. The van der Waals surface area contributed by atoms with Crippen molar-refractivity contribution in [1.29, 1.82) is 0 Å². The number of nitrogen functional groups attached to an aromatic ring is 1. The van der Waals surface area contributed by atoms with Gasteiger partial charge in [-0.2, -0.15) is 4.98 Å². The molecule has 3 rings (SSSR count). The number of nitrogens with zero attached hydrogens (tertiary/aromatic N) is 3. The van der Waals surface area contributed by atoms with Crippen LogP contribution in [0.1, 0.15) is 37.6 Å². The minimum atomic E-state index is 0.0849. The lowest BCUT2D eigenvalue weighted by molar-refractivity contribution is 0.275. The third-order valence-electron chi connectivity index (χ3n) is 4.62. The topological polar surface area (TPSA) is 106 Å². The fourth-order valence-corrected chi connectivity index (χ4v) is 3.28. The molecule has 0 saturated heterocycles. The molecule has 0 saturated carbocycles. The molecule has 0 fully saturated rings. The summed E-state index contributed by atoms with van der Waals surface area (Å²) >= 11 is 0. The molecule has 148 valence electrons. The lowest BCUT2D eigenvalue weighted by atomic mass is 10.1. The third-order valence-corrected chi connectivity index (χ3v) is 4.62. The predicted octanol–water partition coefficient (Wildman–Crippen LogP) is 3.46. The second-order valence-corrected chi connectivity index (χ2v) is 6.75. The van der Waals surface area contributed by atoms with Gasteiger partial charge in [-0.05, 0) is 31.2 Å². The average molecular weight is 381 g/mol. The Morgan fingerprint density at radius 2 is 2.00 bits per heavy atom. The molecule has 0 spiro atoms. The molecule has 1 unspecified atom stereocenters. The van der Waals surface area contributed by atoms with Gasteiger partial charge >= 0.3 is 0 Å². The van der Waals surface area contributed by atoms with Crippen molar-refractivity contribution >= 4 is 22.5 Å². The monoisotopic (exact) mass is 381 g/mol. The largest absolute Gasteiger partial charge is 0.481 e. The van der Waals surface area contributed by atoms with Crippen LogP contribution in [-0.2, 0) is 6.61 Å². The van der Waals surface area contributed by atoms with Gasteiger partial charge in [0.05, 0.1) is 11.4 Å². The van der Waals surface area contributed by atoms with E-state index in [1.165, 1.54) is 0 Å². The molecule has 0 amide bonds. The number of hydrogen-bond donors (Lipinski definition) is 3. The predicted molar refractivity (Wildman–Crippen MR) is 111 cm³/mol. The first kappa shape index (κ1) is 19.8. The molecular weight excluding hydrogens is 354 g/mol. The second-order valence-electron chi connectivity index (χ2n) is 6.75. The zero-order chi connectivity index (χ0) is 19.9. The molecule has 7 heteroatoms. The number of nitrogens with two attached hydrogens (primary N) is 1. The molecule has 4 N–H and O–H groups in total. The van der Waals surface area contributed by atoms with Crippen molar-refractivity contribution in [1.82, 2.24) is 15.0 Å². The van der Waals surface area contributed by atoms with E-state index < -0.39 is 0 Å². The van der Waals surface area contributed by atoms with Crippen LogP contribution in [0.5, 0.6) is 5.75 Å². The number of hydrogen-bond acceptors (Lipinski definition) is 7. The second kappa shape index (κ2) is 9.32.